The minimum Gasteiger partial charge on any atom is -0.497 e. The van der Waals surface area contributed by atoms with Crippen molar-refractivity contribution in [2.75, 3.05) is 42.8 Å². The lowest BCUT2D eigenvalue weighted by molar-refractivity contribution is -0.116. The quantitative estimate of drug-likeness (QED) is 0.633. The number of hydrogen-bond donors (Lipinski definition) is 2. The molecule has 0 bridgehead atoms. The van der Waals surface area contributed by atoms with Crippen LogP contribution in [-0.4, -0.2) is 49.2 Å². The average Bonchev–Trinajstić information content (AvgIpc) is 3.62. The summed E-state index contributed by atoms with van der Waals surface area (Å²) in [5.74, 6) is 3.62. The second-order valence-electron chi connectivity index (χ2n) is 8.29. The maximum atomic E-state index is 12.5. The average molecular weight is 426 g/mol. The minimum absolute atomic E-state index is 0.00135. The number of carbonyl (C=O) groups is 1. The second kappa shape index (κ2) is 9.85. The van der Waals surface area contributed by atoms with Gasteiger partial charge in [-0.1, -0.05) is 0 Å². The van der Waals surface area contributed by atoms with Gasteiger partial charge >= 0.3 is 0 Å². The zero-order valence-corrected chi connectivity index (χ0v) is 18.3. The molecule has 1 aliphatic carbocycles. The molecule has 1 atom stereocenters. The SMILES string of the molecule is COc1ccc(NC(=O)CC[C@H]2CCCN(c3cc(NC4CC4)ncn3)C2)c(OC)c1. The zero-order valence-electron chi connectivity index (χ0n) is 18.3. The standard InChI is InChI=1S/C23H31N5O3/c1-30-18-8-9-19(20(12-18)31-2)27-23(29)10-5-16-4-3-11-28(14-16)22-13-21(24-15-25-22)26-17-6-7-17/h8-9,12-13,15-17H,3-7,10-11,14H2,1-2H3,(H,27,29)(H,24,25,26)/t16-/m1/s1. The maximum Gasteiger partial charge on any atom is 0.224 e. The molecule has 166 valence electrons. The number of nitrogens with zero attached hydrogens (tertiary/aromatic N) is 3. The van der Waals surface area contributed by atoms with Crippen LogP contribution < -0.4 is 25.0 Å². The number of rotatable bonds is 9. The lowest BCUT2D eigenvalue weighted by Gasteiger charge is -2.33. The fourth-order valence-corrected chi connectivity index (χ4v) is 3.99. The second-order valence-corrected chi connectivity index (χ2v) is 8.29. The van der Waals surface area contributed by atoms with Gasteiger partial charge < -0.3 is 25.0 Å². The van der Waals surface area contributed by atoms with E-state index in [1.54, 1.807) is 32.7 Å². The van der Waals surface area contributed by atoms with E-state index in [0.717, 1.165) is 44.0 Å². The summed E-state index contributed by atoms with van der Waals surface area (Å²) in [6, 6.07) is 8.00. The van der Waals surface area contributed by atoms with Crippen molar-refractivity contribution in [3.8, 4) is 11.5 Å². The van der Waals surface area contributed by atoms with Crippen LogP contribution in [0, 0.1) is 5.92 Å². The van der Waals surface area contributed by atoms with Crippen LogP contribution in [0.4, 0.5) is 17.3 Å². The number of methoxy groups -OCH3 is 2. The largest absolute Gasteiger partial charge is 0.497 e. The Labute approximate surface area is 183 Å². The van der Waals surface area contributed by atoms with Gasteiger partial charge in [0.1, 0.15) is 29.5 Å². The Morgan fingerprint density at radius 3 is 2.81 bits per heavy atom. The number of nitrogens with one attached hydrogen (secondary N) is 2. The van der Waals surface area contributed by atoms with Crippen molar-refractivity contribution < 1.29 is 14.3 Å². The highest BCUT2D eigenvalue weighted by Crippen LogP contribution is 2.30. The van der Waals surface area contributed by atoms with Crippen molar-refractivity contribution >= 4 is 23.2 Å². The lowest BCUT2D eigenvalue weighted by Crippen LogP contribution is -2.36. The normalized spacial score (nSPS) is 18.4. The number of amides is 1. The summed E-state index contributed by atoms with van der Waals surface area (Å²) in [5.41, 5.74) is 0.662. The van der Waals surface area contributed by atoms with Crippen LogP contribution in [0.2, 0.25) is 0 Å². The molecule has 4 rings (SSSR count). The molecule has 1 aromatic heterocycles. The highest BCUT2D eigenvalue weighted by Gasteiger charge is 2.24. The molecule has 0 spiro atoms. The van der Waals surface area contributed by atoms with E-state index in [-0.39, 0.29) is 5.91 Å². The number of hydrogen-bond acceptors (Lipinski definition) is 7. The van der Waals surface area contributed by atoms with Crippen LogP contribution in [0.3, 0.4) is 0 Å². The Hall–Kier alpha value is -3.03. The van der Waals surface area contributed by atoms with E-state index in [4.69, 9.17) is 9.47 Å². The van der Waals surface area contributed by atoms with Gasteiger partial charge in [0.15, 0.2) is 0 Å². The topological polar surface area (TPSA) is 88.6 Å². The van der Waals surface area contributed by atoms with Gasteiger partial charge in [0.25, 0.3) is 0 Å². The van der Waals surface area contributed by atoms with Gasteiger partial charge in [0.2, 0.25) is 5.91 Å². The van der Waals surface area contributed by atoms with E-state index in [2.05, 4.69) is 25.5 Å². The molecule has 8 nitrogen and oxygen atoms in total. The number of piperidine rings is 1. The number of anilines is 3. The Morgan fingerprint density at radius 2 is 2.03 bits per heavy atom. The van der Waals surface area contributed by atoms with E-state index in [0.29, 0.717) is 35.6 Å². The van der Waals surface area contributed by atoms with Gasteiger partial charge in [0, 0.05) is 37.7 Å². The Balaban J connectivity index is 1.29. The predicted octanol–water partition coefficient (Wildman–Crippen LogP) is 3.70. The summed E-state index contributed by atoms with van der Waals surface area (Å²) in [4.78, 5) is 23.7. The predicted molar refractivity (Wildman–Crippen MR) is 121 cm³/mol. The number of aromatic nitrogens is 2. The van der Waals surface area contributed by atoms with E-state index in [1.165, 1.54) is 12.8 Å². The van der Waals surface area contributed by atoms with E-state index in [1.807, 2.05) is 12.1 Å². The van der Waals surface area contributed by atoms with Gasteiger partial charge in [-0.05, 0) is 50.2 Å². The van der Waals surface area contributed by atoms with E-state index < -0.39 is 0 Å². The molecule has 31 heavy (non-hydrogen) atoms. The molecule has 2 N–H and O–H groups in total. The molecule has 2 aromatic rings. The maximum absolute atomic E-state index is 12.5. The van der Waals surface area contributed by atoms with Crippen molar-refractivity contribution in [3.05, 3.63) is 30.6 Å². The summed E-state index contributed by atoms with van der Waals surface area (Å²) < 4.78 is 10.6. The third-order valence-electron chi connectivity index (χ3n) is 5.89. The molecular formula is C23H31N5O3. The molecule has 1 saturated heterocycles. The molecule has 8 heteroatoms. The molecule has 0 unspecified atom stereocenters. The summed E-state index contributed by atoms with van der Waals surface area (Å²) >= 11 is 0. The summed E-state index contributed by atoms with van der Waals surface area (Å²) in [6.07, 6.45) is 7.64. The monoisotopic (exact) mass is 425 g/mol. The first kappa shape index (κ1) is 21.2. The van der Waals surface area contributed by atoms with Crippen molar-refractivity contribution in [1.29, 1.82) is 0 Å². The van der Waals surface area contributed by atoms with Gasteiger partial charge in [-0.25, -0.2) is 9.97 Å². The van der Waals surface area contributed by atoms with Crippen LogP contribution in [-0.2, 0) is 4.79 Å². The highest BCUT2D eigenvalue weighted by molar-refractivity contribution is 5.92. The number of carbonyl (C=O) groups excluding carboxylic acids is 1. The van der Waals surface area contributed by atoms with Gasteiger partial charge in [-0.3, -0.25) is 4.79 Å². The third kappa shape index (κ3) is 5.77. The van der Waals surface area contributed by atoms with Gasteiger partial charge in [-0.2, -0.15) is 0 Å². The molecule has 1 saturated carbocycles. The third-order valence-corrected chi connectivity index (χ3v) is 5.89. The number of benzene rings is 1. The van der Waals surface area contributed by atoms with Crippen molar-refractivity contribution in [1.82, 2.24) is 9.97 Å². The van der Waals surface area contributed by atoms with Crippen LogP contribution >= 0.6 is 0 Å². The summed E-state index contributed by atoms with van der Waals surface area (Å²) in [5, 5.41) is 6.40. The molecule has 2 heterocycles. The van der Waals surface area contributed by atoms with Gasteiger partial charge in [-0.15, -0.1) is 0 Å². The lowest BCUT2D eigenvalue weighted by atomic mass is 9.93. The van der Waals surface area contributed by atoms with Crippen molar-refractivity contribution in [3.63, 3.8) is 0 Å². The Kier molecular flexibility index (Phi) is 6.74. The first-order chi connectivity index (χ1) is 15.1. The molecule has 2 aliphatic rings. The molecule has 1 aromatic carbocycles. The van der Waals surface area contributed by atoms with Crippen LogP contribution in [0.5, 0.6) is 11.5 Å². The fourth-order valence-electron chi connectivity index (χ4n) is 3.99. The molecule has 2 fully saturated rings. The van der Waals surface area contributed by atoms with Crippen LogP contribution in [0.25, 0.3) is 0 Å². The Morgan fingerprint density at radius 1 is 1.16 bits per heavy atom. The van der Waals surface area contributed by atoms with Crippen molar-refractivity contribution in [2.45, 2.75) is 44.6 Å². The van der Waals surface area contributed by atoms with Crippen molar-refractivity contribution in [2.24, 2.45) is 5.92 Å². The summed E-state index contributed by atoms with van der Waals surface area (Å²) in [6.45, 7) is 1.91. The minimum atomic E-state index is -0.00135. The molecule has 0 radical (unpaired) electrons. The van der Waals surface area contributed by atoms with Crippen LogP contribution in [0.1, 0.15) is 38.5 Å². The fraction of sp³-hybridized carbons (Fsp3) is 0.522. The molecule has 1 amide bonds. The van der Waals surface area contributed by atoms with E-state index in [9.17, 15) is 4.79 Å². The Bertz CT molecular complexity index is 903. The number of ether oxygens (including phenoxy) is 2. The van der Waals surface area contributed by atoms with E-state index >= 15 is 0 Å². The first-order valence-corrected chi connectivity index (χ1v) is 11.0. The first-order valence-electron chi connectivity index (χ1n) is 11.0. The smallest absolute Gasteiger partial charge is 0.224 e. The van der Waals surface area contributed by atoms with Gasteiger partial charge in [0.05, 0.1) is 19.9 Å². The highest BCUT2D eigenvalue weighted by atomic mass is 16.5. The molecule has 1 aliphatic heterocycles. The zero-order chi connectivity index (χ0) is 21.6. The summed E-state index contributed by atoms with van der Waals surface area (Å²) in [7, 11) is 3.19. The molecular weight excluding hydrogens is 394 g/mol. The van der Waals surface area contributed by atoms with Crippen LogP contribution in [0.15, 0.2) is 30.6 Å².